The lowest BCUT2D eigenvalue weighted by Gasteiger charge is -2.21. The summed E-state index contributed by atoms with van der Waals surface area (Å²) in [6.07, 6.45) is 0. The minimum absolute atomic E-state index is 0.608. The SMILES string of the molecule is CC(C)(O)c1ccccc1[S@](=O)c1ccc(Cl)cc1. The fourth-order valence-electron chi connectivity index (χ4n) is 1.82. The van der Waals surface area contributed by atoms with Gasteiger partial charge in [0.1, 0.15) is 0 Å². The molecular formula is C15H15ClO2S. The largest absolute Gasteiger partial charge is 0.386 e. The molecule has 2 rings (SSSR count). The monoisotopic (exact) mass is 294 g/mol. The first-order valence-corrected chi connectivity index (χ1v) is 7.41. The van der Waals surface area contributed by atoms with E-state index in [0.717, 1.165) is 0 Å². The van der Waals surface area contributed by atoms with Crippen LogP contribution >= 0.6 is 11.6 Å². The van der Waals surface area contributed by atoms with Crippen LogP contribution in [0.25, 0.3) is 0 Å². The van der Waals surface area contributed by atoms with Gasteiger partial charge in [0.15, 0.2) is 0 Å². The lowest BCUT2D eigenvalue weighted by atomic mass is 9.99. The molecule has 19 heavy (non-hydrogen) atoms. The quantitative estimate of drug-likeness (QED) is 0.936. The number of benzene rings is 2. The van der Waals surface area contributed by atoms with Gasteiger partial charge in [0.2, 0.25) is 0 Å². The maximum atomic E-state index is 12.6. The van der Waals surface area contributed by atoms with E-state index in [0.29, 0.717) is 20.4 Å². The van der Waals surface area contributed by atoms with E-state index in [4.69, 9.17) is 11.6 Å². The average Bonchev–Trinajstić information content (AvgIpc) is 2.38. The minimum Gasteiger partial charge on any atom is -0.386 e. The lowest BCUT2D eigenvalue weighted by molar-refractivity contribution is 0.0756. The predicted octanol–water partition coefficient (Wildman–Crippen LogP) is 3.73. The van der Waals surface area contributed by atoms with E-state index < -0.39 is 16.4 Å². The van der Waals surface area contributed by atoms with Crippen LogP contribution < -0.4 is 0 Å². The Morgan fingerprint density at radius 1 is 1.05 bits per heavy atom. The summed E-state index contributed by atoms with van der Waals surface area (Å²) in [6, 6.07) is 14.1. The van der Waals surface area contributed by atoms with Crippen LogP contribution in [0.4, 0.5) is 0 Å². The molecule has 0 spiro atoms. The molecule has 0 aliphatic carbocycles. The Balaban J connectivity index is 2.48. The van der Waals surface area contributed by atoms with Gasteiger partial charge in [-0.1, -0.05) is 29.8 Å². The van der Waals surface area contributed by atoms with Gasteiger partial charge in [-0.05, 0) is 49.7 Å². The van der Waals surface area contributed by atoms with E-state index in [1.54, 1.807) is 50.2 Å². The van der Waals surface area contributed by atoms with Gasteiger partial charge < -0.3 is 5.11 Å². The lowest BCUT2D eigenvalue weighted by Crippen LogP contribution is -2.18. The number of halogens is 1. The van der Waals surface area contributed by atoms with Crippen molar-refractivity contribution in [1.82, 2.24) is 0 Å². The van der Waals surface area contributed by atoms with Crippen LogP contribution in [0, 0.1) is 0 Å². The zero-order chi connectivity index (χ0) is 14.0. The molecule has 100 valence electrons. The van der Waals surface area contributed by atoms with Crippen molar-refractivity contribution in [2.45, 2.75) is 29.2 Å². The zero-order valence-electron chi connectivity index (χ0n) is 10.8. The number of aliphatic hydroxyl groups is 1. The molecule has 0 aliphatic heterocycles. The molecule has 0 heterocycles. The van der Waals surface area contributed by atoms with E-state index in [-0.39, 0.29) is 0 Å². The normalized spacial score (nSPS) is 13.3. The second kappa shape index (κ2) is 5.45. The topological polar surface area (TPSA) is 37.3 Å². The molecule has 0 amide bonds. The first-order valence-electron chi connectivity index (χ1n) is 5.89. The molecule has 0 aliphatic rings. The molecule has 2 nitrogen and oxygen atoms in total. The van der Waals surface area contributed by atoms with Crippen LogP contribution in [-0.2, 0) is 16.4 Å². The van der Waals surface area contributed by atoms with Gasteiger partial charge in [0, 0.05) is 14.8 Å². The molecule has 0 bridgehead atoms. The maximum Gasteiger partial charge on any atom is 0.0853 e. The van der Waals surface area contributed by atoms with Gasteiger partial charge in [0.05, 0.1) is 16.4 Å². The van der Waals surface area contributed by atoms with Crippen molar-refractivity contribution >= 4 is 22.4 Å². The fraction of sp³-hybridized carbons (Fsp3) is 0.200. The van der Waals surface area contributed by atoms with E-state index in [1.807, 2.05) is 12.1 Å². The third-order valence-electron chi connectivity index (χ3n) is 2.77. The van der Waals surface area contributed by atoms with E-state index in [9.17, 15) is 9.32 Å². The first-order chi connectivity index (χ1) is 8.89. The highest BCUT2D eigenvalue weighted by Crippen LogP contribution is 2.28. The van der Waals surface area contributed by atoms with Crippen molar-refractivity contribution in [1.29, 1.82) is 0 Å². The van der Waals surface area contributed by atoms with Gasteiger partial charge >= 0.3 is 0 Å². The molecule has 1 N–H and O–H groups in total. The van der Waals surface area contributed by atoms with Crippen LogP contribution in [0.3, 0.4) is 0 Å². The summed E-state index contributed by atoms with van der Waals surface area (Å²) in [6.45, 7) is 3.37. The summed E-state index contributed by atoms with van der Waals surface area (Å²) < 4.78 is 12.6. The molecule has 2 aromatic carbocycles. The Morgan fingerprint density at radius 3 is 2.21 bits per heavy atom. The van der Waals surface area contributed by atoms with Gasteiger partial charge in [-0.3, -0.25) is 0 Å². The molecule has 2 aromatic rings. The summed E-state index contributed by atoms with van der Waals surface area (Å²) >= 11 is 5.83. The Bertz CT molecular complexity index is 600. The summed E-state index contributed by atoms with van der Waals surface area (Å²) in [4.78, 5) is 1.29. The number of hydrogen-bond acceptors (Lipinski definition) is 2. The predicted molar refractivity (Wildman–Crippen MR) is 77.8 cm³/mol. The van der Waals surface area contributed by atoms with Gasteiger partial charge in [-0.2, -0.15) is 0 Å². The Morgan fingerprint density at radius 2 is 1.63 bits per heavy atom. The average molecular weight is 295 g/mol. The summed E-state index contributed by atoms with van der Waals surface area (Å²) in [7, 11) is -1.33. The second-order valence-corrected chi connectivity index (χ2v) is 6.66. The highest BCUT2D eigenvalue weighted by atomic mass is 35.5. The number of rotatable bonds is 3. The molecule has 0 saturated carbocycles. The van der Waals surface area contributed by atoms with Crippen molar-refractivity contribution in [3.63, 3.8) is 0 Å². The number of hydrogen-bond donors (Lipinski definition) is 1. The van der Waals surface area contributed by atoms with Gasteiger partial charge in [-0.25, -0.2) is 4.21 Å². The molecule has 0 fully saturated rings. The molecule has 4 heteroatoms. The third kappa shape index (κ3) is 3.24. The van der Waals surface area contributed by atoms with Crippen molar-refractivity contribution in [2.24, 2.45) is 0 Å². The highest BCUT2D eigenvalue weighted by Gasteiger charge is 2.22. The summed E-state index contributed by atoms with van der Waals surface area (Å²) in [5, 5.41) is 10.8. The second-order valence-electron chi connectivity index (χ2n) is 4.78. The van der Waals surface area contributed by atoms with Gasteiger partial charge in [-0.15, -0.1) is 0 Å². The van der Waals surface area contributed by atoms with E-state index >= 15 is 0 Å². The van der Waals surface area contributed by atoms with Crippen LogP contribution in [0.15, 0.2) is 58.3 Å². The molecular weight excluding hydrogens is 280 g/mol. The van der Waals surface area contributed by atoms with Crippen LogP contribution in [0.1, 0.15) is 19.4 Å². The van der Waals surface area contributed by atoms with Crippen LogP contribution in [-0.4, -0.2) is 9.32 Å². The van der Waals surface area contributed by atoms with E-state index in [2.05, 4.69) is 0 Å². The highest BCUT2D eigenvalue weighted by molar-refractivity contribution is 7.85. The zero-order valence-corrected chi connectivity index (χ0v) is 12.3. The van der Waals surface area contributed by atoms with E-state index in [1.165, 1.54) is 0 Å². The minimum atomic E-state index is -1.33. The fourth-order valence-corrected chi connectivity index (χ4v) is 3.30. The third-order valence-corrected chi connectivity index (χ3v) is 4.48. The smallest absolute Gasteiger partial charge is 0.0853 e. The van der Waals surface area contributed by atoms with Gasteiger partial charge in [0.25, 0.3) is 0 Å². The summed E-state index contributed by atoms with van der Waals surface area (Å²) in [5.41, 5.74) is -0.359. The van der Waals surface area contributed by atoms with Crippen LogP contribution in [0.5, 0.6) is 0 Å². The maximum absolute atomic E-state index is 12.6. The molecule has 0 aromatic heterocycles. The van der Waals surface area contributed by atoms with Crippen molar-refractivity contribution < 1.29 is 9.32 Å². The standard InChI is InChI=1S/C15H15ClO2S/c1-15(2,17)13-5-3-4-6-14(13)19(18)12-9-7-11(16)8-10-12/h3-10,17H,1-2H3/t19-/m1/s1. The van der Waals surface area contributed by atoms with Crippen molar-refractivity contribution in [3.05, 3.63) is 59.1 Å². The first kappa shape index (κ1) is 14.3. The molecule has 0 saturated heterocycles. The van der Waals surface area contributed by atoms with Crippen molar-refractivity contribution in [2.75, 3.05) is 0 Å². The molecule has 0 unspecified atom stereocenters. The Kier molecular flexibility index (Phi) is 4.09. The van der Waals surface area contributed by atoms with Crippen molar-refractivity contribution in [3.8, 4) is 0 Å². The summed E-state index contributed by atoms with van der Waals surface area (Å²) in [5.74, 6) is 0. The molecule has 0 radical (unpaired) electrons. The Hall–Kier alpha value is -1.16. The Labute approximate surface area is 120 Å². The van der Waals surface area contributed by atoms with Crippen LogP contribution in [0.2, 0.25) is 5.02 Å². The molecule has 1 atom stereocenters.